The first-order chi connectivity index (χ1) is 13.5. The monoisotopic (exact) mass is 407 g/mol. The normalized spacial score (nSPS) is 36.3. The molecule has 1 heterocycles. The third-order valence-corrected chi connectivity index (χ3v) is 8.87. The first kappa shape index (κ1) is 18.7. The molecule has 4 aliphatic carbocycles. The molecule has 4 bridgehead atoms. The van der Waals surface area contributed by atoms with Gasteiger partial charge >= 0.3 is 0 Å². The van der Waals surface area contributed by atoms with Crippen LogP contribution in [0, 0.1) is 23.7 Å². The van der Waals surface area contributed by atoms with Gasteiger partial charge in [0.15, 0.2) is 11.5 Å². The Labute approximate surface area is 167 Å². The number of hydrogen-bond acceptors (Lipinski definition) is 5. The number of benzene rings is 1. The molecule has 5 aliphatic rings. The van der Waals surface area contributed by atoms with Crippen molar-refractivity contribution in [1.82, 2.24) is 4.72 Å². The van der Waals surface area contributed by atoms with Crippen LogP contribution in [0.4, 0.5) is 0 Å². The molecular weight excluding hydrogens is 378 g/mol. The standard InChI is InChI=1S/C21H29NO5S/c1-25-21(16-8-14-7-15(10-16)11-17(21)9-14)13-22-28(23,24)18-3-4-19-20(12-18)27-6-2-5-26-19/h3-4,12,14-17,22H,2,5-11,13H2,1H3. The summed E-state index contributed by atoms with van der Waals surface area (Å²) in [7, 11) is -1.90. The van der Waals surface area contributed by atoms with Crippen LogP contribution in [0.15, 0.2) is 23.1 Å². The molecule has 0 atom stereocenters. The molecule has 0 spiro atoms. The predicted octanol–water partition coefficient (Wildman–Crippen LogP) is 2.97. The fourth-order valence-corrected chi connectivity index (χ4v) is 7.37. The summed E-state index contributed by atoms with van der Waals surface area (Å²) in [5.41, 5.74) is -0.369. The maximum Gasteiger partial charge on any atom is 0.240 e. The van der Waals surface area contributed by atoms with Gasteiger partial charge in [-0.25, -0.2) is 13.1 Å². The minimum Gasteiger partial charge on any atom is -0.490 e. The Morgan fingerprint density at radius 3 is 2.32 bits per heavy atom. The first-order valence-electron chi connectivity index (χ1n) is 10.4. The number of rotatable bonds is 5. The fourth-order valence-electron chi connectivity index (χ4n) is 6.28. The molecule has 1 aromatic carbocycles. The van der Waals surface area contributed by atoms with Gasteiger partial charge in [-0.2, -0.15) is 0 Å². The summed E-state index contributed by atoms with van der Waals surface area (Å²) < 4.78 is 46.3. The quantitative estimate of drug-likeness (QED) is 0.812. The molecule has 4 fully saturated rings. The van der Waals surface area contributed by atoms with Crippen molar-refractivity contribution in [3.05, 3.63) is 18.2 Å². The molecule has 154 valence electrons. The highest BCUT2D eigenvalue weighted by atomic mass is 32.2. The van der Waals surface area contributed by atoms with Gasteiger partial charge in [0.05, 0.1) is 23.7 Å². The number of methoxy groups -OCH3 is 1. The smallest absolute Gasteiger partial charge is 0.240 e. The first-order valence-corrected chi connectivity index (χ1v) is 11.9. The van der Waals surface area contributed by atoms with E-state index < -0.39 is 10.0 Å². The van der Waals surface area contributed by atoms with Crippen LogP contribution < -0.4 is 14.2 Å². The average molecular weight is 408 g/mol. The van der Waals surface area contributed by atoms with Crippen molar-refractivity contribution in [2.45, 2.75) is 49.0 Å². The minimum absolute atomic E-state index is 0.215. The highest BCUT2D eigenvalue weighted by Crippen LogP contribution is 2.59. The maximum atomic E-state index is 13.0. The van der Waals surface area contributed by atoms with E-state index in [-0.39, 0.29) is 10.5 Å². The number of sulfonamides is 1. The summed E-state index contributed by atoms with van der Waals surface area (Å²) in [6.45, 7) is 1.45. The van der Waals surface area contributed by atoms with Crippen LogP contribution in [0.1, 0.15) is 38.5 Å². The van der Waals surface area contributed by atoms with Crippen LogP contribution >= 0.6 is 0 Å². The van der Waals surface area contributed by atoms with Gasteiger partial charge in [-0.1, -0.05) is 0 Å². The maximum absolute atomic E-state index is 13.0. The Hall–Kier alpha value is -1.31. The van der Waals surface area contributed by atoms with E-state index in [1.54, 1.807) is 25.3 Å². The molecule has 0 unspecified atom stereocenters. The Bertz CT molecular complexity index is 824. The topological polar surface area (TPSA) is 73.9 Å². The largest absolute Gasteiger partial charge is 0.490 e. The number of fused-ring (bicyclic) bond motifs is 1. The van der Waals surface area contributed by atoms with E-state index in [1.807, 2.05) is 0 Å². The molecule has 1 N–H and O–H groups in total. The van der Waals surface area contributed by atoms with Crippen LogP contribution in [0.25, 0.3) is 0 Å². The second-order valence-electron chi connectivity index (χ2n) is 8.95. The van der Waals surface area contributed by atoms with Gasteiger partial charge in [-0.15, -0.1) is 0 Å². The molecule has 7 heteroatoms. The van der Waals surface area contributed by atoms with E-state index in [2.05, 4.69) is 4.72 Å². The lowest BCUT2D eigenvalue weighted by atomic mass is 9.50. The lowest BCUT2D eigenvalue weighted by molar-refractivity contribution is -0.185. The summed E-state index contributed by atoms with van der Waals surface area (Å²) >= 11 is 0. The fraction of sp³-hybridized carbons (Fsp3) is 0.714. The van der Waals surface area contributed by atoms with Crippen LogP contribution in [0.5, 0.6) is 11.5 Å². The second-order valence-corrected chi connectivity index (χ2v) is 10.7. The summed E-state index contributed by atoms with van der Waals surface area (Å²) in [5, 5.41) is 0. The van der Waals surface area contributed by atoms with Crippen LogP contribution in [0.3, 0.4) is 0 Å². The highest BCUT2D eigenvalue weighted by Gasteiger charge is 2.57. The van der Waals surface area contributed by atoms with Crippen molar-refractivity contribution in [3.8, 4) is 11.5 Å². The van der Waals surface area contributed by atoms with Crippen LogP contribution in [0.2, 0.25) is 0 Å². The van der Waals surface area contributed by atoms with Crippen LogP contribution in [-0.2, 0) is 14.8 Å². The molecule has 28 heavy (non-hydrogen) atoms. The minimum atomic E-state index is -3.65. The zero-order valence-corrected chi connectivity index (χ0v) is 17.2. The van der Waals surface area contributed by atoms with Gasteiger partial charge in [0.1, 0.15) is 0 Å². The Morgan fingerprint density at radius 1 is 1.04 bits per heavy atom. The number of nitrogens with one attached hydrogen (secondary N) is 1. The van der Waals surface area contributed by atoms with Crippen LogP contribution in [-0.4, -0.2) is 40.9 Å². The van der Waals surface area contributed by atoms with E-state index >= 15 is 0 Å². The number of hydrogen-bond donors (Lipinski definition) is 1. The van der Waals surface area contributed by atoms with Gasteiger partial charge in [0.25, 0.3) is 0 Å². The summed E-state index contributed by atoms with van der Waals surface area (Å²) in [5.74, 6) is 3.64. The Morgan fingerprint density at radius 2 is 1.68 bits per heavy atom. The molecule has 6 rings (SSSR count). The van der Waals surface area contributed by atoms with Crippen molar-refractivity contribution in [3.63, 3.8) is 0 Å². The summed E-state index contributed by atoms with van der Waals surface area (Å²) in [4.78, 5) is 0.215. The van der Waals surface area contributed by atoms with Crippen molar-refractivity contribution in [2.24, 2.45) is 23.7 Å². The lowest BCUT2D eigenvalue weighted by Crippen LogP contribution is -2.63. The molecule has 0 saturated heterocycles. The molecule has 1 aromatic rings. The molecular formula is C21H29NO5S. The average Bonchev–Trinajstić information content (AvgIpc) is 2.92. The van der Waals surface area contributed by atoms with Crippen molar-refractivity contribution < 1.29 is 22.6 Å². The Balaban J connectivity index is 1.36. The molecule has 0 amide bonds. The van der Waals surface area contributed by atoms with Crippen molar-refractivity contribution in [2.75, 3.05) is 26.9 Å². The third-order valence-electron chi connectivity index (χ3n) is 7.47. The highest BCUT2D eigenvalue weighted by molar-refractivity contribution is 7.89. The van der Waals surface area contributed by atoms with Gasteiger partial charge in [0, 0.05) is 26.1 Å². The van der Waals surface area contributed by atoms with E-state index in [4.69, 9.17) is 14.2 Å². The van der Waals surface area contributed by atoms with E-state index in [1.165, 1.54) is 32.1 Å². The molecule has 4 saturated carbocycles. The van der Waals surface area contributed by atoms with Crippen molar-refractivity contribution >= 4 is 10.0 Å². The second kappa shape index (κ2) is 6.89. The summed E-state index contributed by atoms with van der Waals surface area (Å²) in [6.07, 6.45) is 6.84. The van der Waals surface area contributed by atoms with E-state index in [9.17, 15) is 8.42 Å². The molecule has 6 nitrogen and oxygen atoms in total. The Kier molecular flexibility index (Phi) is 4.60. The van der Waals surface area contributed by atoms with E-state index in [0.717, 1.165) is 18.3 Å². The molecule has 0 radical (unpaired) electrons. The number of ether oxygens (including phenoxy) is 3. The molecule has 1 aliphatic heterocycles. The van der Waals surface area contributed by atoms with E-state index in [0.29, 0.717) is 43.1 Å². The van der Waals surface area contributed by atoms with Crippen molar-refractivity contribution in [1.29, 1.82) is 0 Å². The lowest BCUT2D eigenvalue weighted by Gasteiger charge is -2.60. The third kappa shape index (κ3) is 3.02. The zero-order chi connectivity index (χ0) is 19.4. The van der Waals surface area contributed by atoms with Gasteiger partial charge in [-0.05, 0) is 67.9 Å². The van der Waals surface area contributed by atoms with Gasteiger partial charge < -0.3 is 14.2 Å². The SMILES string of the molecule is COC1(CNS(=O)(=O)c2ccc3c(c2)OCCCO3)C2CC3CC(C2)CC1C3. The summed E-state index contributed by atoms with van der Waals surface area (Å²) in [6, 6.07) is 4.84. The van der Waals surface area contributed by atoms with Gasteiger partial charge in [0.2, 0.25) is 10.0 Å². The van der Waals surface area contributed by atoms with Gasteiger partial charge in [-0.3, -0.25) is 0 Å². The zero-order valence-electron chi connectivity index (χ0n) is 16.4. The molecule has 0 aromatic heterocycles. The predicted molar refractivity (Wildman–Crippen MR) is 104 cm³/mol.